The zero-order chi connectivity index (χ0) is 14.5. The zero-order valence-corrected chi connectivity index (χ0v) is 11.8. The molecule has 0 aliphatic rings. The first-order valence-corrected chi connectivity index (χ1v) is 7.25. The molecule has 5 nitrogen and oxygen atoms in total. The van der Waals surface area contributed by atoms with Crippen molar-refractivity contribution in [3.8, 4) is 11.6 Å². The molecule has 0 aliphatic heterocycles. The van der Waals surface area contributed by atoms with Crippen LogP contribution in [0.1, 0.15) is 0 Å². The molecule has 3 rings (SSSR count). The Bertz CT molecular complexity index is 671. The van der Waals surface area contributed by atoms with Crippen molar-refractivity contribution in [2.24, 2.45) is 0 Å². The third kappa shape index (κ3) is 3.63. The van der Waals surface area contributed by atoms with Gasteiger partial charge >= 0.3 is 0 Å². The fraction of sp³-hybridized carbons (Fsp3) is 0.143. The molecule has 2 N–H and O–H groups in total. The Labute approximate surface area is 125 Å². The van der Waals surface area contributed by atoms with Gasteiger partial charge in [0, 0.05) is 5.69 Å². The van der Waals surface area contributed by atoms with Gasteiger partial charge in [0.2, 0.25) is 0 Å². The number of nitrogens with zero attached hydrogens (tertiary/aromatic N) is 2. The van der Waals surface area contributed by atoms with Crippen molar-refractivity contribution in [1.82, 2.24) is 15.2 Å². The summed E-state index contributed by atoms with van der Waals surface area (Å²) < 4.78 is 19.1. The van der Waals surface area contributed by atoms with E-state index in [2.05, 4.69) is 20.5 Å². The Hall–Kier alpha value is -2.28. The van der Waals surface area contributed by atoms with E-state index in [0.717, 1.165) is 17.4 Å². The van der Waals surface area contributed by atoms with E-state index in [4.69, 9.17) is 4.42 Å². The first kappa shape index (κ1) is 13.7. The Morgan fingerprint density at radius 3 is 2.81 bits per heavy atom. The summed E-state index contributed by atoms with van der Waals surface area (Å²) in [6.45, 7) is 0.186. The predicted octanol–water partition coefficient (Wildman–Crippen LogP) is 3.56. The number of alkyl halides is 1. The largest absolute Gasteiger partial charge is 0.461 e. The monoisotopic (exact) mass is 304 g/mol. The lowest BCUT2D eigenvalue weighted by atomic mass is 10.3. The van der Waals surface area contributed by atoms with E-state index < -0.39 is 5.50 Å². The highest BCUT2D eigenvalue weighted by Gasteiger charge is 2.13. The molecule has 2 aromatic heterocycles. The summed E-state index contributed by atoms with van der Waals surface area (Å²) >= 11 is 0.981. The summed E-state index contributed by atoms with van der Waals surface area (Å²) in [6.07, 6.45) is 1.55. The highest BCUT2D eigenvalue weighted by Crippen LogP contribution is 2.24. The van der Waals surface area contributed by atoms with Gasteiger partial charge in [-0.3, -0.25) is 0 Å². The van der Waals surface area contributed by atoms with E-state index >= 15 is 0 Å². The molecule has 0 amide bonds. The van der Waals surface area contributed by atoms with Crippen LogP contribution in [-0.4, -0.2) is 27.2 Å². The molecule has 108 valence electrons. The molecule has 0 aliphatic carbocycles. The highest BCUT2D eigenvalue weighted by molar-refractivity contribution is 7.99. The lowest BCUT2D eigenvalue weighted by molar-refractivity contribution is 0.468. The number of benzene rings is 1. The number of halogens is 1. The van der Waals surface area contributed by atoms with Gasteiger partial charge in [-0.25, -0.2) is 4.39 Å². The molecular formula is C14H13FN4OS. The minimum atomic E-state index is -1.14. The van der Waals surface area contributed by atoms with Crippen molar-refractivity contribution >= 4 is 17.4 Å². The molecule has 2 heterocycles. The fourth-order valence-electron chi connectivity index (χ4n) is 1.74. The van der Waals surface area contributed by atoms with Crippen LogP contribution in [0.15, 0.2) is 58.3 Å². The zero-order valence-electron chi connectivity index (χ0n) is 11.0. The van der Waals surface area contributed by atoms with Gasteiger partial charge in [-0.2, -0.15) is 0 Å². The topological polar surface area (TPSA) is 66.7 Å². The first-order valence-electron chi connectivity index (χ1n) is 6.37. The standard InChI is InChI=1S/C14H13FN4OS/c15-12(9-16-10-5-2-1-3-6-10)21-14-17-13(18-19-14)11-7-4-8-20-11/h1-8,12,16H,9H2,(H,17,18,19). The van der Waals surface area contributed by atoms with Crippen LogP contribution in [0.4, 0.5) is 10.1 Å². The van der Waals surface area contributed by atoms with Crippen molar-refractivity contribution in [2.75, 3.05) is 11.9 Å². The summed E-state index contributed by atoms with van der Waals surface area (Å²) in [6, 6.07) is 13.0. The van der Waals surface area contributed by atoms with E-state index in [9.17, 15) is 4.39 Å². The number of thioether (sulfide) groups is 1. The second kappa shape index (κ2) is 6.45. The Morgan fingerprint density at radius 2 is 2.05 bits per heavy atom. The Kier molecular flexibility index (Phi) is 4.20. The van der Waals surface area contributed by atoms with Crippen LogP contribution in [0.5, 0.6) is 0 Å². The molecule has 1 unspecified atom stereocenters. The van der Waals surface area contributed by atoms with Crippen molar-refractivity contribution in [2.45, 2.75) is 10.7 Å². The van der Waals surface area contributed by atoms with Crippen LogP contribution in [0.25, 0.3) is 11.6 Å². The molecule has 0 fully saturated rings. The molecule has 7 heteroatoms. The smallest absolute Gasteiger partial charge is 0.197 e. The molecule has 1 aromatic carbocycles. The fourth-order valence-corrected chi connectivity index (χ4v) is 2.39. The Balaban J connectivity index is 1.54. The summed E-state index contributed by atoms with van der Waals surface area (Å²) in [7, 11) is 0. The van der Waals surface area contributed by atoms with Crippen molar-refractivity contribution in [3.05, 3.63) is 48.7 Å². The molecular weight excluding hydrogens is 291 g/mol. The Morgan fingerprint density at radius 1 is 1.19 bits per heavy atom. The van der Waals surface area contributed by atoms with Crippen LogP contribution >= 0.6 is 11.8 Å². The van der Waals surface area contributed by atoms with E-state index in [-0.39, 0.29) is 6.54 Å². The second-order valence-corrected chi connectivity index (χ2v) is 5.36. The number of aromatic amines is 1. The van der Waals surface area contributed by atoms with E-state index in [1.54, 1.807) is 18.4 Å². The van der Waals surface area contributed by atoms with E-state index in [1.165, 1.54) is 0 Å². The maximum absolute atomic E-state index is 13.9. The number of H-pyrrole nitrogens is 1. The van der Waals surface area contributed by atoms with Crippen LogP contribution in [0, 0.1) is 0 Å². The van der Waals surface area contributed by atoms with Gasteiger partial charge in [-0.1, -0.05) is 18.2 Å². The third-order valence-electron chi connectivity index (χ3n) is 2.70. The SMILES string of the molecule is FC(CNc1ccccc1)Sc1nnc(-c2ccco2)[nH]1. The summed E-state index contributed by atoms with van der Waals surface area (Å²) in [5.41, 5.74) is -0.253. The maximum Gasteiger partial charge on any atom is 0.197 e. The number of aromatic nitrogens is 3. The average Bonchev–Trinajstić information content (AvgIpc) is 3.17. The minimum Gasteiger partial charge on any atom is -0.461 e. The molecule has 0 bridgehead atoms. The van der Waals surface area contributed by atoms with Crippen LogP contribution < -0.4 is 5.32 Å². The van der Waals surface area contributed by atoms with Gasteiger partial charge in [-0.15, -0.1) is 10.2 Å². The van der Waals surface area contributed by atoms with Gasteiger partial charge in [-0.05, 0) is 36.0 Å². The molecule has 3 aromatic rings. The maximum atomic E-state index is 13.9. The number of hydrogen-bond acceptors (Lipinski definition) is 5. The number of hydrogen-bond donors (Lipinski definition) is 2. The molecule has 0 spiro atoms. The van der Waals surface area contributed by atoms with Crippen molar-refractivity contribution in [1.29, 1.82) is 0 Å². The third-order valence-corrected chi connectivity index (χ3v) is 3.53. The number of furan rings is 1. The van der Waals surface area contributed by atoms with Crippen LogP contribution in [-0.2, 0) is 0 Å². The number of anilines is 1. The van der Waals surface area contributed by atoms with Gasteiger partial charge in [0.25, 0.3) is 0 Å². The highest BCUT2D eigenvalue weighted by atomic mass is 32.2. The first-order chi connectivity index (χ1) is 10.3. The van der Waals surface area contributed by atoms with Crippen LogP contribution in [0.3, 0.4) is 0 Å². The van der Waals surface area contributed by atoms with Gasteiger partial charge in [0.05, 0.1) is 12.8 Å². The molecule has 0 saturated carbocycles. The van der Waals surface area contributed by atoms with Gasteiger partial charge in [0.1, 0.15) is 0 Å². The lowest BCUT2D eigenvalue weighted by Gasteiger charge is -2.08. The minimum absolute atomic E-state index is 0.186. The molecule has 1 atom stereocenters. The van der Waals surface area contributed by atoms with Gasteiger partial charge in [0.15, 0.2) is 22.2 Å². The van der Waals surface area contributed by atoms with E-state index in [1.807, 2.05) is 30.3 Å². The summed E-state index contributed by atoms with van der Waals surface area (Å²) in [4.78, 5) is 2.92. The number of nitrogens with one attached hydrogen (secondary N) is 2. The average molecular weight is 304 g/mol. The summed E-state index contributed by atoms with van der Waals surface area (Å²) in [5.74, 6) is 1.07. The quantitative estimate of drug-likeness (QED) is 0.682. The normalized spacial score (nSPS) is 12.2. The number of para-hydroxylation sites is 1. The molecule has 0 radical (unpaired) electrons. The molecule has 0 saturated heterocycles. The van der Waals surface area contributed by atoms with Gasteiger partial charge < -0.3 is 14.7 Å². The lowest BCUT2D eigenvalue weighted by Crippen LogP contribution is -2.11. The van der Waals surface area contributed by atoms with Crippen molar-refractivity contribution < 1.29 is 8.81 Å². The summed E-state index contributed by atoms with van der Waals surface area (Å²) in [5, 5.41) is 11.3. The van der Waals surface area contributed by atoms with Crippen LogP contribution in [0.2, 0.25) is 0 Å². The number of rotatable bonds is 6. The van der Waals surface area contributed by atoms with E-state index in [0.29, 0.717) is 16.7 Å². The molecule has 21 heavy (non-hydrogen) atoms. The van der Waals surface area contributed by atoms with Crippen molar-refractivity contribution in [3.63, 3.8) is 0 Å². The second-order valence-electron chi connectivity index (χ2n) is 4.23. The predicted molar refractivity (Wildman–Crippen MR) is 79.8 cm³/mol.